The van der Waals surface area contributed by atoms with Gasteiger partial charge in [-0.1, -0.05) is 105 Å². The van der Waals surface area contributed by atoms with Crippen LogP contribution in [-0.2, 0) is 10.8 Å². The molecule has 2 nitrogen and oxygen atoms in total. The van der Waals surface area contributed by atoms with Crippen molar-refractivity contribution in [3.05, 3.63) is 142 Å². The molecule has 0 fully saturated rings. The lowest BCUT2D eigenvalue weighted by Crippen LogP contribution is -2.31. The number of allylic oxidation sites excluding steroid dienone is 2. The summed E-state index contributed by atoms with van der Waals surface area (Å²) in [5, 5.41) is 0. The first kappa shape index (κ1) is 26.8. The summed E-state index contributed by atoms with van der Waals surface area (Å²) in [4.78, 5) is 2.38. The molecule has 2 heteroatoms. The average molecular weight is 536 g/mol. The lowest BCUT2D eigenvalue weighted by Gasteiger charge is -2.25. The van der Waals surface area contributed by atoms with Crippen molar-refractivity contribution in [2.24, 2.45) is 0 Å². The molecule has 41 heavy (non-hydrogen) atoms. The molecule has 0 spiro atoms. The van der Waals surface area contributed by atoms with E-state index in [4.69, 9.17) is 0 Å². The van der Waals surface area contributed by atoms with Gasteiger partial charge in [0, 0.05) is 41.6 Å². The first-order chi connectivity index (χ1) is 19.7. The van der Waals surface area contributed by atoms with Gasteiger partial charge in [0.25, 0.3) is 0 Å². The van der Waals surface area contributed by atoms with Crippen LogP contribution in [0.5, 0.6) is 0 Å². The summed E-state index contributed by atoms with van der Waals surface area (Å²) in [6, 6.07) is 34.7. The van der Waals surface area contributed by atoms with Crippen molar-refractivity contribution in [3.63, 3.8) is 0 Å². The average Bonchev–Trinajstić information content (AvgIpc) is 3.29. The van der Waals surface area contributed by atoms with Gasteiger partial charge in [-0.15, -0.1) is 0 Å². The van der Waals surface area contributed by atoms with Crippen molar-refractivity contribution >= 4 is 41.4 Å². The molecule has 0 aliphatic carbocycles. The predicted molar refractivity (Wildman–Crippen MR) is 177 cm³/mol. The second-order valence-corrected chi connectivity index (χ2v) is 12.3. The summed E-state index contributed by atoms with van der Waals surface area (Å²) in [5.41, 5.74) is 12.6. The summed E-state index contributed by atoms with van der Waals surface area (Å²) in [6.45, 7) is 9.42. The molecule has 4 aromatic rings. The van der Waals surface area contributed by atoms with Gasteiger partial charge in [0.15, 0.2) is 5.71 Å². The summed E-state index contributed by atoms with van der Waals surface area (Å²) < 4.78 is 2.38. The smallest absolute Gasteiger partial charge is 0.209 e. The monoisotopic (exact) mass is 535 g/mol. The molecule has 6 rings (SSSR count). The molecule has 204 valence electrons. The first-order valence-electron chi connectivity index (χ1n) is 14.5. The highest BCUT2D eigenvalue weighted by Crippen LogP contribution is 2.49. The minimum atomic E-state index is -0.122. The van der Waals surface area contributed by atoms with E-state index in [0.29, 0.717) is 0 Å². The number of rotatable bonds is 5. The maximum atomic E-state index is 2.44. The van der Waals surface area contributed by atoms with E-state index in [1.54, 1.807) is 0 Å². The predicted octanol–water partition coefficient (Wildman–Crippen LogP) is 9.34. The van der Waals surface area contributed by atoms with E-state index in [1.165, 1.54) is 56.2 Å². The molecule has 0 aromatic heterocycles. The Balaban J connectivity index is 1.32. The second-order valence-electron chi connectivity index (χ2n) is 12.3. The van der Waals surface area contributed by atoms with E-state index in [1.807, 2.05) is 0 Å². The molecule has 2 aliphatic rings. The molecule has 0 unspecified atom stereocenters. The zero-order valence-electron chi connectivity index (χ0n) is 25.0. The Morgan fingerprint density at radius 3 is 1.68 bits per heavy atom. The van der Waals surface area contributed by atoms with E-state index in [0.717, 1.165) is 0 Å². The van der Waals surface area contributed by atoms with Crippen molar-refractivity contribution in [2.45, 2.75) is 38.5 Å². The lowest BCUT2D eigenvalue weighted by atomic mass is 9.78. The Kier molecular flexibility index (Phi) is 6.66. The molecule has 0 bridgehead atoms. The number of nitrogens with zero attached hydrogens (tertiary/aromatic N) is 2. The summed E-state index contributed by atoms with van der Waals surface area (Å²) in [7, 11) is 4.42. The molecule has 4 aromatic carbocycles. The van der Waals surface area contributed by atoms with Gasteiger partial charge in [0.05, 0.1) is 5.41 Å². The summed E-state index contributed by atoms with van der Waals surface area (Å²) >= 11 is 0. The van der Waals surface area contributed by atoms with E-state index in [-0.39, 0.29) is 10.8 Å². The minimum Gasteiger partial charge on any atom is -0.347 e. The molecule has 0 amide bonds. The van der Waals surface area contributed by atoms with Crippen LogP contribution in [0.2, 0.25) is 0 Å². The van der Waals surface area contributed by atoms with Gasteiger partial charge in [0.2, 0.25) is 5.69 Å². The van der Waals surface area contributed by atoms with Crippen molar-refractivity contribution in [1.29, 1.82) is 0 Å². The van der Waals surface area contributed by atoms with Crippen LogP contribution < -0.4 is 4.90 Å². The van der Waals surface area contributed by atoms with Crippen LogP contribution in [0.3, 0.4) is 0 Å². The number of hydrogen-bond donors (Lipinski definition) is 0. The number of anilines is 1. The number of fused-ring (bicyclic) bond motifs is 2. The molecular weight excluding hydrogens is 496 g/mol. The third-order valence-electron chi connectivity index (χ3n) is 8.92. The van der Waals surface area contributed by atoms with Crippen molar-refractivity contribution in [3.8, 4) is 0 Å². The van der Waals surface area contributed by atoms with Crippen molar-refractivity contribution in [2.75, 3.05) is 19.0 Å². The van der Waals surface area contributed by atoms with Gasteiger partial charge in [-0.2, -0.15) is 4.58 Å². The highest BCUT2D eigenvalue weighted by Gasteiger charge is 2.46. The zero-order chi connectivity index (χ0) is 28.8. The van der Waals surface area contributed by atoms with Gasteiger partial charge < -0.3 is 4.90 Å². The Hall–Kier alpha value is -4.43. The minimum absolute atomic E-state index is 0.122. The Morgan fingerprint density at radius 1 is 0.585 bits per heavy atom. The fourth-order valence-electron chi connectivity index (χ4n) is 6.47. The van der Waals surface area contributed by atoms with Gasteiger partial charge in [0.1, 0.15) is 7.05 Å². The fraction of sp³-hybridized carbons (Fsp3) is 0.205. The molecule has 2 heterocycles. The molecule has 0 saturated heterocycles. The van der Waals surface area contributed by atoms with E-state index < -0.39 is 0 Å². The summed E-state index contributed by atoms with van der Waals surface area (Å²) in [5.74, 6) is 0. The maximum absolute atomic E-state index is 2.44. The standard InChI is InChI=1S/C39H39N2/c1-38(2)32-25-30(19-17-28-13-9-7-10-14-28)21-23-34(32)40(5)36(38)27-37-39(3,4)33-26-31(22-24-35(33)41(37)6)20-18-29-15-11-8-12-16-29/h7-27H,1-6H3/q+1/b19-17+,20-18+. The van der Waals surface area contributed by atoms with Gasteiger partial charge in [-0.05, 0) is 65.9 Å². The molecule has 0 radical (unpaired) electrons. The molecular formula is C39H39N2+. The largest absolute Gasteiger partial charge is 0.347 e. The van der Waals surface area contributed by atoms with E-state index in [2.05, 4.69) is 179 Å². The summed E-state index contributed by atoms with van der Waals surface area (Å²) in [6.07, 6.45) is 11.3. The molecule has 0 atom stereocenters. The van der Waals surface area contributed by atoms with Crippen LogP contribution in [0.15, 0.2) is 109 Å². The van der Waals surface area contributed by atoms with Crippen LogP contribution in [0.4, 0.5) is 11.4 Å². The van der Waals surface area contributed by atoms with Gasteiger partial charge in [-0.25, -0.2) is 0 Å². The lowest BCUT2D eigenvalue weighted by molar-refractivity contribution is -0.401. The third kappa shape index (κ3) is 4.78. The first-order valence-corrected chi connectivity index (χ1v) is 14.5. The molecule has 0 N–H and O–H groups in total. The van der Waals surface area contributed by atoms with Crippen molar-refractivity contribution < 1.29 is 4.58 Å². The zero-order valence-corrected chi connectivity index (χ0v) is 25.0. The van der Waals surface area contributed by atoms with E-state index in [9.17, 15) is 0 Å². The Labute approximate surface area is 245 Å². The molecule has 0 saturated carbocycles. The fourth-order valence-corrected chi connectivity index (χ4v) is 6.47. The SMILES string of the molecule is CN1/C(=C/C2=[N+](C)c3ccc(/C=C/c4ccccc4)cc3C2(C)C)C(C)(C)c2cc(/C=C/c3ccccc3)ccc21. The topological polar surface area (TPSA) is 6.25 Å². The number of benzene rings is 4. The normalized spacial score (nSPS) is 18.1. The maximum Gasteiger partial charge on any atom is 0.209 e. The van der Waals surface area contributed by atoms with E-state index >= 15 is 0 Å². The van der Waals surface area contributed by atoms with Gasteiger partial charge >= 0.3 is 0 Å². The van der Waals surface area contributed by atoms with Crippen LogP contribution in [0, 0.1) is 0 Å². The van der Waals surface area contributed by atoms with Crippen LogP contribution in [0.1, 0.15) is 61.1 Å². The molecule has 2 aliphatic heterocycles. The number of hydrogen-bond acceptors (Lipinski definition) is 1. The van der Waals surface area contributed by atoms with Crippen LogP contribution in [-0.4, -0.2) is 24.4 Å². The van der Waals surface area contributed by atoms with Crippen LogP contribution >= 0.6 is 0 Å². The Bertz CT molecular complexity index is 1730. The second kappa shape index (κ2) is 10.2. The van der Waals surface area contributed by atoms with Crippen molar-refractivity contribution in [1.82, 2.24) is 0 Å². The van der Waals surface area contributed by atoms with Crippen LogP contribution in [0.25, 0.3) is 24.3 Å². The Morgan fingerprint density at radius 2 is 1.10 bits per heavy atom. The number of likely N-dealkylation sites (N-methyl/N-ethyl adjacent to an activating group) is 1. The quantitative estimate of drug-likeness (QED) is 0.182. The van der Waals surface area contributed by atoms with Gasteiger partial charge in [-0.3, -0.25) is 0 Å². The highest BCUT2D eigenvalue weighted by molar-refractivity contribution is 6.04. The highest BCUT2D eigenvalue weighted by atomic mass is 15.2. The third-order valence-corrected chi connectivity index (χ3v) is 8.92.